The Hall–Kier alpha value is 0.131. The topological polar surface area (TPSA) is 36.7 Å². The van der Waals surface area contributed by atoms with E-state index in [2.05, 4.69) is 4.98 Å². The van der Waals surface area contributed by atoms with Crippen LogP contribution in [0.25, 0.3) is 0 Å². The molecule has 62 valence electrons. The number of rotatable bonds is 1. The Balaban J connectivity index is 0.00000144. The SMILES string of the molecule is N#Cc1cncc([B-](F)(F)F)c1.[K+]. The molecule has 13 heavy (non-hydrogen) atoms. The minimum absolute atomic E-state index is 0. The van der Waals surface area contributed by atoms with Gasteiger partial charge < -0.3 is 12.9 Å². The molecule has 0 fully saturated rings. The fraction of sp³-hybridized carbons (Fsp3) is 0. The third-order valence-electron chi connectivity index (χ3n) is 1.27. The number of hydrogen-bond acceptors (Lipinski definition) is 2. The maximum absolute atomic E-state index is 12.0. The molecule has 2 nitrogen and oxygen atoms in total. The standard InChI is InChI=1S/C6H3BF3N2.K/c8-7(9,10)6-1-5(2-11)3-12-4-6;/h1,3-4H;/q-1;+1. The van der Waals surface area contributed by atoms with E-state index in [4.69, 9.17) is 5.26 Å². The van der Waals surface area contributed by atoms with Crippen molar-refractivity contribution in [2.24, 2.45) is 0 Å². The Kier molecular flexibility index (Phi) is 5.17. The van der Waals surface area contributed by atoms with Gasteiger partial charge in [0.15, 0.2) is 0 Å². The first-order valence-electron chi connectivity index (χ1n) is 3.09. The van der Waals surface area contributed by atoms with Gasteiger partial charge in [-0.2, -0.15) is 5.26 Å². The molecule has 0 saturated carbocycles. The summed E-state index contributed by atoms with van der Waals surface area (Å²) < 4.78 is 36.1. The molecule has 0 radical (unpaired) electrons. The van der Waals surface area contributed by atoms with Crippen LogP contribution in [0.5, 0.6) is 0 Å². The van der Waals surface area contributed by atoms with Gasteiger partial charge in [-0.3, -0.25) is 4.98 Å². The van der Waals surface area contributed by atoms with E-state index in [1.165, 1.54) is 0 Å². The van der Waals surface area contributed by atoms with E-state index in [1.807, 2.05) is 0 Å². The number of aromatic nitrogens is 1. The number of hydrogen-bond donors (Lipinski definition) is 0. The van der Waals surface area contributed by atoms with Crippen molar-refractivity contribution in [2.45, 2.75) is 0 Å². The second kappa shape index (κ2) is 5.12. The van der Waals surface area contributed by atoms with Gasteiger partial charge in [-0.25, -0.2) is 0 Å². The second-order valence-electron chi connectivity index (χ2n) is 2.19. The Morgan fingerprint density at radius 3 is 2.38 bits per heavy atom. The minimum Gasteiger partial charge on any atom is -0.445 e. The summed E-state index contributed by atoms with van der Waals surface area (Å²) in [6.07, 6.45) is 1.80. The molecular formula is C6H3BF3KN2. The van der Waals surface area contributed by atoms with Crippen LogP contribution >= 0.6 is 0 Å². The molecule has 0 aromatic carbocycles. The summed E-state index contributed by atoms with van der Waals surface area (Å²) in [5, 5.41) is 8.28. The molecule has 0 aliphatic rings. The van der Waals surface area contributed by atoms with E-state index in [0.717, 1.165) is 12.3 Å². The molecule has 0 N–H and O–H groups in total. The normalized spacial score (nSPS) is 10.0. The Bertz CT molecular complexity index is 333. The maximum Gasteiger partial charge on any atom is 1.00 e. The Morgan fingerprint density at radius 2 is 1.92 bits per heavy atom. The molecule has 0 amide bonds. The summed E-state index contributed by atoms with van der Waals surface area (Å²) in [7, 11) is 0. The maximum atomic E-state index is 12.0. The van der Waals surface area contributed by atoms with E-state index in [1.54, 1.807) is 6.07 Å². The molecule has 1 heterocycles. The molecule has 1 aromatic rings. The summed E-state index contributed by atoms with van der Waals surface area (Å²) in [6.45, 7) is -5.04. The molecule has 0 saturated heterocycles. The van der Waals surface area contributed by atoms with Crippen LogP contribution in [0.2, 0.25) is 0 Å². The summed E-state index contributed by atoms with van der Waals surface area (Å²) in [4.78, 5) is 3.30. The van der Waals surface area contributed by atoms with Gasteiger partial charge in [-0.15, -0.1) is 0 Å². The fourth-order valence-electron chi connectivity index (χ4n) is 0.698. The van der Waals surface area contributed by atoms with Gasteiger partial charge >= 0.3 is 58.4 Å². The molecule has 0 aliphatic heterocycles. The van der Waals surface area contributed by atoms with Crippen molar-refractivity contribution in [3.63, 3.8) is 0 Å². The van der Waals surface area contributed by atoms with Crippen LogP contribution in [0.1, 0.15) is 5.56 Å². The summed E-state index contributed by atoms with van der Waals surface area (Å²) in [5.41, 5.74) is -0.916. The number of nitrogens with zero attached hydrogens (tertiary/aromatic N) is 2. The van der Waals surface area contributed by atoms with Crippen LogP contribution in [0.4, 0.5) is 12.9 Å². The molecule has 0 aliphatic carbocycles. The van der Waals surface area contributed by atoms with E-state index in [0.29, 0.717) is 6.20 Å². The van der Waals surface area contributed by atoms with Gasteiger partial charge in [0, 0.05) is 12.4 Å². The van der Waals surface area contributed by atoms with Crippen molar-refractivity contribution in [2.75, 3.05) is 0 Å². The average Bonchev–Trinajstić information content (AvgIpc) is 2.03. The molecule has 1 aromatic heterocycles. The third-order valence-corrected chi connectivity index (χ3v) is 1.27. The second-order valence-corrected chi connectivity index (χ2v) is 2.19. The van der Waals surface area contributed by atoms with Crippen LogP contribution in [0.3, 0.4) is 0 Å². The summed E-state index contributed by atoms with van der Waals surface area (Å²) >= 11 is 0. The van der Waals surface area contributed by atoms with E-state index in [9.17, 15) is 12.9 Å². The van der Waals surface area contributed by atoms with Gasteiger partial charge in [0.05, 0.1) is 5.56 Å². The summed E-state index contributed by atoms with van der Waals surface area (Å²) in [6, 6.07) is 2.37. The zero-order valence-corrected chi connectivity index (χ0v) is 9.96. The quantitative estimate of drug-likeness (QED) is 0.503. The van der Waals surface area contributed by atoms with Crippen LogP contribution in [-0.2, 0) is 0 Å². The average molecular weight is 210 g/mol. The van der Waals surface area contributed by atoms with Gasteiger partial charge in [0.25, 0.3) is 0 Å². The molecule has 0 atom stereocenters. The van der Waals surface area contributed by atoms with Gasteiger partial charge in [-0.05, 0) is 0 Å². The van der Waals surface area contributed by atoms with Crippen molar-refractivity contribution in [3.05, 3.63) is 24.0 Å². The first-order chi connectivity index (χ1) is 5.54. The van der Waals surface area contributed by atoms with Crippen LogP contribution in [0.15, 0.2) is 18.5 Å². The molecule has 0 spiro atoms. The largest absolute Gasteiger partial charge is 1.00 e. The predicted octanol–water partition coefficient (Wildman–Crippen LogP) is -1.99. The first-order valence-corrected chi connectivity index (χ1v) is 3.09. The molecule has 1 rings (SSSR count). The Morgan fingerprint density at radius 1 is 1.31 bits per heavy atom. The van der Waals surface area contributed by atoms with Crippen LogP contribution < -0.4 is 56.8 Å². The van der Waals surface area contributed by atoms with E-state index < -0.39 is 12.4 Å². The predicted molar refractivity (Wildman–Crippen MR) is 37.7 cm³/mol. The van der Waals surface area contributed by atoms with Crippen LogP contribution in [0, 0.1) is 11.3 Å². The van der Waals surface area contributed by atoms with Gasteiger partial charge in [-0.1, -0.05) is 11.5 Å². The van der Waals surface area contributed by atoms with Crippen molar-refractivity contribution < 1.29 is 64.3 Å². The monoisotopic (exact) mass is 210 g/mol. The molecule has 0 bridgehead atoms. The molecular weight excluding hydrogens is 207 g/mol. The van der Waals surface area contributed by atoms with E-state index >= 15 is 0 Å². The van der Waals surface area contributed by atoms with Crippen LogP contribution in [-0.4, -0.2) is 12.0 Å². The van der Waals surface area contributed by atoms with E-state index in [-0.39, 0.29) is 56.9 Å². The molecule has 0 unspecified atom stereocenters. The minimum atomic E-state index is -5.04. The fourth-order valence-corrected chi connectivity index (χ4v) is 0.698. The van der Waals surface area contributed by atoms with Crippen molar-refractivity contribution in [1.29, 1.82) is 5.26 Å². The zero-order valence-electron chi connectivity index (χ0n) is 6.84. The Labute approximate surface area is 116 Å². The summed E-state index contributed by atoms with van der Waals surface area (Å²) in [5.74, 6) is 0. The van der Waals surface area contributed by atoms with Crippen molar-refractivity contribution >= 4 is 12.4 Å². The number of nitriles is 1. The first kappa shape index (κ1) is 13.1. The smallest absolute Gasteiger partial charge is 0.445 e. The van der Waals surface area contributed by atoms with Gasteiger partial charge in [0.2, 0.25) is 0 Å². The van der Waals surface area contributed by atoms with Gasteiger partial charge in [0.1, 0.15) is 6.07 Å². The number of pyridine rings is 1. The molecule has 7 heteroatoms. The number of halogens is 3. The zero-order chi connectivity index (χ0) is 9.19. The van der Waals surface area contributed by atoms with Crippen molar-refractivity contribution in [1.82, 2.24) is 4.98 Å². The van der Waals surface area contributed by atoms with Crippen molar-refractivity contribution in [3.8, 4) is 6.07 Å². The third kappa shape index (κ3) is 3.79.